The first-order chi connectivity index (χ1) is 10.5. The van der Waals surface area contributed by atoms with Crippen molar-refractivity contribution in [1.82, 2.24) is 4.90 Å². The zero-order valence-electron chi connectivity index (χ0n) is 13.3. The quantitative estimate of drug-likeness (QED) is 0.693. The Balaban J connectivity index is 2.11. The summed E-state index contributed by atoms with van der Waals surface area (Å²) in [4.78, 5) is 1.59. The molecule has 2 aliphatic heterocycles. The van der Waals surface area contributed by atoms with Gasteiger partial charge in [0.2, 0.25) is 0 Å². The van der Waals surface area contributed by atoms with Gasteiger partial charge in [-0.05, 0) is 38.3 Å². The number of halogens is 6. The van der Waals surface area contributed by atoms with Crippen LogP contribution in [0.15, 0.2) is 0 Å². The molecule has 2 aliphatic rings. The topological polar surface area (TPSA) is 12.5 Å². The smallest absolute Gasteiger partial charge is 0.381 e. The normalized spacial score (nSPS) is 30.7. The Bertz CT molecular complexity index is 398. The minimum absolute atomic E-state index is 0.0505. The highest BCUT2D eigenvalue weighted by Gasteiger charge is 2.58. The highest BCUT2D eigenvalue weighted by molar-refractivity contribution is 4.97. The predicted octanol–water partition coefficient (Wildman–Crippen LogP) is 4.25. The maximum atomic E-state index is 13.5. The molecular weight excluding hydrogens is 324 g/mol. The lowest BCUT2D eigenvalue weighted by Gasteiger charge is -2.49. The molecule has 2 atom stereocenters. The third kappa shape index (κ3) is 3.62. The van der Waals surface area contributed by atoms with Crippen molar-refractivity contribution in [3.8, 4) is 0 Å². The Labute approximate surface area is 132 Å². The van der Waals surface area contributed by atoms with Crippen LogP contribution >= 0.6 is 0 Å². The standard InChI is InChI=1S/C15H23F6NO/c1-10(2)13(15(19,20)21)4-6-22(7-5-13)12-3-8-23-9-11(12)14(16,17)18/h10-12H,3-9H2,1-2H3. The third-order valence-corrected chi connectivity index (χ3v) is 5.57. The number of piperidine rings is 1. The molecule has 0 bridgehead atoms. The second-order valence-corrected chi connectivity index (χ2v) is 6.92. The summed E-state index contributed by atoms with van der Waals surface area (Å²) in [6.45, 7) is 3.00. The lowest BCUT2D eigenvalue weighted by atomic mass is 9.69. The van der Waals surface area contributed by atoms with Crippen molar-refractivity contribution < 1.29 is 31.1 Å². The zero-order valence-corrected chi connectivity index (χ0v) is 13.3. The van der Waals surface area contributed by atoms with Gasteiger partial charge in [0.15, 0.2) is 0 Å². The van der Waals surface area contributed by atoms with Crippen LogP contribution in [-0.2, 0) is 4.74 Å². The fourth-order valence-electron chi connectivity index (χ4n) is 3.92. The molecule has 23 heavy (non-hydrogen) atoms. The van der Waals surface area contributed by atoms with E-state index in [0.29, 0.717) is 0 Å². The van der Waals surface area contributed by atoms with Crippen LogP contribution in [0.4, 0.5) is 26.3 Å². The number of hydrogen-bond donors (Lipinski definition) is 0. The predicted molar refractivity (Wildman–Crippen MR) is 72.9 cm³/mol. The van der Waals surface area contributed by atoms with Gasteiger partial charge in [-0.2, -0.15) is 26.3 Å². The molecule has 0 aliphatic carbocycles. The molecule has 0 aromatic carbocycles. The van der Waals surface area contributed by atoms with Crippen LogP contribution in [0.2, 0.25) is 0 Å². The first-order valence-corrected chi connectivity index (χ1v) is 7.94. The molecule has 2 unspecified atom stereocenters. The highest BCUT2D eigenvalue weighted by atomic mass is 19.4. The number of nitrogens with zero attached hydrogens (tertiary/aromatic N) is 1. The van der Waals surface area contributed by atoms with Gasteiger partial charge in [-0.1, -0.05) is 13.8 Å². The molecular formula is C15H23F6NO. The Morgan fingerprint density at radius 3 is 2.04 bits per heavy atom. The van der Waals surface area contributed by atoms with E-state index in [1.54, 1.807) is 4.90 Å². The van der Waals surface area contributed by atoms with E-state index in [4.69, 9.17) is 4.74 Å². The van der Waals surface area contributed by atoms with Gasteiger partial charge in [0.25, 0.3) is 0 Å². The SMILES string of the molecule is CC(C)C1(C(F)(F)F)CCN(C2CCOCC2C(F)(F)F)CC1. The maximum Gasteiger partial charge on any atom is 0.395 e. The van der Waals surface area contributed by atoms with Crippen LogP contribution in [0.25, 0.3) is 0 Å². The first-order valence-electron chi connectivity index (χ1n) is 7.94. The Kier molecular flexibility index (Phi) is 5.26. The van der Waals surface area contributed by atoms with Crippen LogP contribution in [-0.4, -0.2) is 49.6 Å². The minimum atomic E-state index is -4.39. The summed E-state index contributed by atoms with van der Waals surface area (Å²) in [5.74, 6) is -2.20. The van der Waals surface area contributed by atoms with Gasteiger partial charge in [0, 0.05) is 12.6 Å². The van der Waals surface area contributed by atoms with Crippen LogP contribution in [0, 0.1) is 17.3 Å². The van der Waals surface area contributed by atoms with E-state index < -0.39 is 42.3 Å². The van der Waals surface area contributed by atoms with E-state index in [2.05, 4.69) is 0 Å². The number of alkyl halides is 6. The molecule has 2 rings (SSSR count). The van der Waals surface area contributed by atoms with Crippen molar-refractivity contribution in [3.63, 3.8) is 0 Å². The largest absolute Gasteiger partial charge is 0.395 e. The van der Waals surface area contributed by atoms with Crippen molar-refractivity contribution in [1.29, 1.82) is 0 Å². The Morgan fingerprint density at radius 1 is 1.04 bits per heavy atom. The molecule has 0 N–H and O–H groups in total. The van der Waals surface area contributed by atoms with Crippen LogP contribution < -0.4 is 0 Å². The van der Waals surface area contributed by atoms with Crippen LogP contribution in [0.1, 0.15) is 33.1 Å². The molecule has 0 aromatic heterocycles. The molecule has 136 valence electrons. The highest BCUT2D eigenvalue weighted by Crippen LogP contribution is 2.52. The van der Waals surface area contributed by atoms with E-state index in [0.717, 1.165) is 0 Å². The zero-order chi connectivity index (χ0) is 17.5. The summed E-state index contributed by atoms with van der Waals surface area (Å²) in [5.41, 5.74) is -1.79. The van der Waals surface area contributed by atoms with Gasteiger partial charge in [-0.15, -0.1) is 0 Å². The average molecular weight is 347 g/mol. The summed E-state index contributed by atoms with van der Waals surface area (Å²) in [6.07, 6.45) is -8.79. The second kappa shape index (κ2) is 6.43. The van der Waals surface area contributed by atoms with E-state index >= 15 is 0 Å². The van der Waals surface area contributed by atoms with Gasteiger partial charge >= 0.3 is 12.4 Å². The third-order valence-electron chi connectivity index (χ3n) is 5.57. The lowest BCUT2D eigenvalue weighted by molar-refractivity contribution is -0.261. The van der Waals surface area contributed by atoms with Crippen LogP contribution in [0.5, 0.6) is 0 Å². The van der Waals surface area contributed by atoms with E-state index in [1.165, 1.54) is 13.8 Å². The van der Waals surface area contributed by atoms with Gasteiger partial charge in [-0.25, -0.2) is 0 Å². The van der Waals surface area contributed by atoms with Gasteiger partial charge in [0.1, 0.15) is 0 Å². The van der Waals surface area contributed by atoms with Crippen molar-refractivity contribution in [2.45, 2.75) is 51.5 Å². The summed E-state index contributed by atoms with van der Waals surface area (Å²) in [7, 11) is 0. The van der Waals surface area contributed by atoms with E-state index in [9.17, 15) is 26.3 Å². The fraction of sp³-hybridized carbons (Fsp3) is 1.00. The number of hydrogen-bond acceptors (Lipinski definition) is 2. The molecule has 0 amide bonds. The number of ether oxygens (including phenoxy) is 1. The number of likely N-dealkylation sites (tertiary alicyclic amines) is 1. The summed E-state index contributed by atoms with van der Waals surface area (Å²) in [6, 6.07) is -0.776. The first kappa shape index (κ1) is 18.8. The molecule has 0 radical (unpaired) electrons. The summed E-state index contributed by atoms with van der Waals surface area (Å²) < 4.78 is 84.7. The van der Waals surface area contributed by atoms with Gasteiger partial charge in [0.05, 0.1) is 17.9 Å². The van der Waals surface area contributed by atoms with Crippen molar-refractivity contribution >= 4 is 0 Å². The van der Waals surface area contributed by atoms with E-state index in [1.807, 2.05) is 0 Å². The molecule has 2 heterocycles. The van der Waals surface area contributed by atoms with Gasteiger partial charge in [-0.3, -0.25) is 4.90 Å². The van der Waals surface area contributed by atoms with Crippen molar-refractivity contribution in [3.05, 3.63) is 0 Å². The number of rotatable bonds is 2. The molecule has 2 saturated heterocycles. The molecule has 8 heteroatoms. The monoisotopic (exact) mass is 347 g/mol. The summed E-state index contributed by atoms with van der Waals surface area (Å²) in [5, 5.41) is 0. The fourth-order valence-corrected chi connectivity index (χ4v) is 3.92. The van der Waals surface area contributed by atoms with E-state index in [-0.39, 0.29) is 39.0 Å². The molecule has 0 aromatic rings. The second-order valence-electron chi connectivity index (χ2n) is 6.92. The molecule has 2 nitrogen and oxygen atoms in total. The Hall–Kier alpha value is -0.500. The van der Waals surface area contributed by atoms with Gasteiger partial charge < -0.3 is 4.74 Å². The Morgan fingerprint density at radius 2 is 1.61 bits per heavy atom. The van der Waals surface area contributed by atoms with Crippen molar-refractivity contribution in [2.75, 3.05) is 26.3 Å². The minimum Gasteiger partial charge on any atom is -0.381 e. The molecule has 0 saturated carbocycles. The molecule has 2 fully saturated rings. The lowest BCUT2D eigenvalue weighted by Crippen LogP contribution is -2.57. The summed E-state index contributed by atoms with van der Waals surface area (Å²) >= 11 is 0. The molecule has 0 spiro atoms. The van der Waals surface area contributed by atoms with Crippen LogP contribution in [0.3, 0.4) is 0 Å². The maximum absolute atomic E-state index is 13.5. The average Bonchev–Trinajstić information content (AvgIpc) is 2.45. The van der Waals surface area contributed by atoms with Crippen molar-refractivity contribution in [2.24, 2.45) is 17.3 Å².